The van der Waals surface area contributed by atoms with E-state index in [9.17, 15) is 9.59 Å². The number of methoxy groups -OCH3 is 1. The summed E-state index contributed by atoms with van der Waals surface area (Å²) in [6.45, 7) is 6.96. The lowest BCUT2D eigenvalue weighted by Crippen LogP contribution is -2.42. The fourth-order valence-electron chi connectivity index (χ4n) is 8.47. The zero-order valence-corrected chi connectivity index (χ0v) is 32.2. The molecule has 0 saturated carbocycles. The molecule has 4 aliphatic heterocycles. The third-order valence-corrected chi connectivity index (χ3v) is 11.7. The van der Waals surface area contributed by atoms with E-state index in [0.29, 0.717) is 42.3 Å². The summed E-state index contributed by atoms with van der Waals surface area (Å²) in [7, 11) is 1.59. The largest absolute Gasteiger partial charge is 0.493 e. The van der Waals surface area contributed by atoms with Gasteiger partial charge in [-0.05, 0) is 97.7 Å². The van der Waals surface area contributed by atoms with Crippen LogP contribution in [0.1, 0.15) is 75.6 Å². The highest BCUT2D eigenvalue weighted by Gasteiger charge is 2.43. The van der Waals surface area contributed by atoms with Gasteiger partial charge < -0.3 is 40.4 Å². The Hall–Kier alpha value is -6.16. The lowest BCUT2D eigenvalue weighted by molar-refractivity contribution is 0.0776. The quantitative estimate of drug-likeness (QED) is 0.0845. The van der Waals surface area contributed by atoms with Crippen LogP contribution in [-0.4, -0.2) is 66.1 Å². The van der Waals surface area contributed by atoms with E-state index in [1.807, 2.05) is 71.6 Å². The highest BCUT2D eigenvalue weighted by molar-refractivity contribution is 6.04. The third-order valence-electron chi connectivity index (χ3n) is 11.7. The number of nitrogens with two attached hydrogens (primary N) is 1. The molecule has 9 rings (SSSR count). The summed E-state index contributed by atoms with van der Waals surface area (Å²) >= 11 is 0. The van der Waals surface area contributed by atoms with Gasteiger partial charge in [-0.15, -0.1) is 0 Å². The van der Waals surface area contributed by atoms with Crippen LogP contribution in [0.3, 0.4) is 0 Å². The Morgan fingerprint density at radius 3 is 1.96 bits per heavy atom. The molecule has 10 heteroatoms. The van der Waals surface area contributed by atoms with Gasteiger partial charge in [0.05, 0.1) is 61.0 Å². The van der Waals surface area contributed by atoms with E-state index in [-0.39, 0.29) is 36.0 Å². The van der Waals surface area contributed by atoms with Crippen LogP contribution in [-0.2, 0) is 0 Å². The van der Waals surface area contributed by atoms with E-state index in [4.69, 9.17) is 19.9 Å². The molecule has 286 valence electrons. The lowest BCUT2D eigenvalue weighted by Gasteiger charge is -2.28. The predicted octanol–water partition coefficient (Wildman–Crippen LogP) is 8.19. The van der Waals surface area contributed by atoms with Crippen molar-refractivity contribution in [3.05, 3.63) is 130 Å². The molecule has 56 heavy (non-hydrogen) atoms. The molecular formula is C46H47N5O5. The van der Waals surface area contributed by atoms with Gasteiger partial charge in [0.25, 0.3) is 11.8 Å². The standard InChI is InChI=1S/C46H47N5O5/c1-26-6-8-29(9-7-26)32-19-39-28(3)48-37-23-43(42(54-4)21-36(37)46(53)50(39)24-32)56-17-5-16-55-41-22-38-35(18-27(41)2)45(52)51-25-33(30-12-14-34(47)15-13-30)20-40(51)44(49-38)31-10-11-31/h6-10,12-15,18,21-25,28,39-40,44,48-49H,5,11,16-17,19-20,47H2,1-4H3. The highest BCUT2D eigenvalue weighted by Crippen LogP contribution is 2.44. The summed E-state index contributed by atoms with van der Waals surface area (Å²) in [5.74, 6) is 1.72. The second-order valence-electron chi connectivity index (χ2n) is 15.6. The van der Waals surface area contributed by atoms with Gasteiger partial charge in [-0.2, -0.15) is 0 Å². The average molecular weight is 750 g/mol. The van der Waals surface area contributed by atoms with Crippen LogP contribution >= 0.6 is 0 Å². The first-order valence-electron chi connectivity index (χ1n) is 19.5. The van der Waals surface area contributed by atoms with E-state index in [1.165, 1.54) is 11.1 Å². The average Bonchev–Trinajstić information content (AvgIpc) is 3.83. The van der Waals surface area contributed by atoms with Gasteiger partial charge in [0.2, 0.25) is 0 Å². The van der Waals surface area contributed by atoms with Crippen molar-refractivity contribution in [3.63, 3.8) is 0 Å². The van der Waals surface area contributed by atoms with Crippen LogP contribution < -0.4 is 30.6 Å². The molecule has 4 heterocycles. The fraction of sp³-hybridized carbons (Fsp3) is 0.304. The Kier molecular flexibility index (Phi) is 8.99. The first-order valence-corrected chi connectivity index (χ1v) is 19.5. The molecular weight excluding hydrogens is 703 g/mol. The maximum Gasteiger partial charge on any atom is 0.260 e. The number of carbonyl (C=O) groups is 2. The number of rotatable bonds is 10. The number of benzene rings is 4. The molecule has 4 unspecified atom stereocenters. The van der Waals surface area contributed by atoms with Gasteiger partial charge in [0.1, 0.15) is 5.75 Å². The first-order chi connectivity index (χ1) is 27.1. The molecule has 4 aromatic rings. The Bertz CT molecular complexity index is 2330. The molecule has 2 amide bonds. The number of amides is 2. The molecule has 0 spiro atoms. The maximum atomic E-state index is 14.1. The number of hydrogen-bond acceptors (Lipinski definition) is 8. The zero-order chi connectivity index (χ0) is 38.7. The number of nitrogen functional groups attached to an aromatic ring is 1. The summed E-state index contributed by atoms with van der Waals surface area (Å²) < 4.78 is 18.3. The molecule has 10 nitrogen and oxygen atoms in total. The molecule has 5 aliphatic rings. The normalized spacial score (nSPS) is 21.9. The van der Waals surface area contributed by atoms with Crippen LogP contribution in [0.4, 0.5) is 17.1 Å². The highest BCUT2D eigenvalue weighted by atomic mass is 16.5. The summed E-state index contributed by atoms with van der Waals surface area (Å²) in [5, 5.41) is 7.33. The van der Waals surface area contributed by atoms with E-state index in [0.717, 1.165) is 69.9 Å². The van der Waals surface area contributed by atoms with Crippen molar-refractivity contribution in [1.82, 2.24) is 9.80 Å². The summed E-state index contributed by atoms with van der Waals surface area (Å²) in [5.41, 5.74) is 17.3. The number of anilines is 3. The number of carbonyl (C=O) groups excluding carboxylic acids is 2. The topological polar surface area (TPSA) is 118 Å². The number of nitrogens with one attached hydrogen (secondary N) is 2. The second kappa shape index (κ2) is 14.2. The summed E-state index contributed by atoms with van der Waals surface area (Å²) in [6.07, 6.45) is 9.34. The minimum Gasteiger partial charge on any atom is -0.493 e. The van der Waals surface area contributed by atoms with Gasteiger partial charge >= 0.3 is 0 Å². The van der Waals surface area contributed by atoms with E-state index < -0.39 is 0 Å². The van der Waals surface area contributed by atoms with Crippen molar-refractivity contribution < 1.29 is 23.8 Å². The Morgan fingerprint density at radius 1 is 0.732 bits per heavy atom. The Balaban J connectivity index is 0.864. The van der Waals surface area contributed by atoms with Crippen LogP contribution in [0.2, 0.25) is 0 Å². The van der Waals surface area contributed by atoms with Gasteiger partial charge in [-0.25, -0.2) is 0 Å². The van der Waals surface area contributed by atoms with Crippen molar-refractivity contribution in [2.24, 2.45) is 0 Å². The van der Waals surface area contributed by atoms with Gasteiger partial charge in [0, 0.05) is 42.7 Å². The maximum absolute atomic E-state index is 14.1. The molecule has 0 saturated heterocycles. The molecule has 0 fully saturated rings. The third kappa shape index (κ3) is 6.52. The van der Waals surface area contributed by atoms with Crippen molar-refractivity contribution in [1.29, 1.82) is 0 Å². The zero-order valence-electron chi connectivity index (χ0n) is 32.2. The summed E-state index contributed by atoms with van der Waals surface area (Å²) in [6, 6.07) is 23.9. The first kappa shape index (κ1) is 35.5. The number of allylic oxidation sites excluding steroid dienone is 1. The van der Waals surface area contributed by atoms with Gasteiger partial charge in [-0.3, -0.25) is 9.59 Å². The van der Waals surface area contributed by atoms with E-state index in [1.54, 1.807) is 13.2 Å². The van der Waals surface area contributed by atoms with Crippen LogP contribution in [0.15, 0.2) is 96.8 Å². The summed E-state index contributed by atoms with van der Waals surface area (Å²) in [4.78, 5) is 31.8. The van der Waals surface area contributed by atoms with Crippen LogP contribution in [0.25, 0.3) is 11.1 Å². The lowest BCUT2D eigenvalue weighted by atomic mass is 9.96. The van der Waals surface area contributed by atoms with E-state index in [2.05, 4.69) is 54.8 Å². The Morgan fingerprint density at radius 2 is 1.30 bits per heavy atom. The number of ether oxygens (including phenoxy) is 3. The molecule has 4 atom stereocenters. The van der Waals surface area contributed by atoms with Crippen molar-refractivity contribution in [3.8, 4) is 17.2 Å². The number of aryl methyl sites for hydroxylation is 2. The fourth-order valence-corrected chi connectivity index (χ4v) is 8.47. The van der Waals surface area contributed by atoms with Crippen molar-refractivity contribution in [2.45, 2.75) is 70.6 Å². The minimum absolute atomic E-state index is 0.0118. The van der Waals surface area contributed by atoms with Crippen molar-refractivity contribution >= 4 is 40.0 Å². The monoisotopic (exact) mass is 749 g/mol. The Labute approximate surface area is 327 Å². The SMILES string of the molecule is COc1cc2c(cc1OCCCOc1cc3c(cc1C)C(=O)N1C=C(c4ccc(N)cc4)CC1C(C1=CC1)N3)NC(C)C1CC(c3ccc(C)cc3)=CN1C2=O. The molecule has 0 radical (unpaired) electrons. The number of hydrogen-bond donors (Lipinski definition) is 3. The molecule has 0 aromatic heterocycles. The number of nitrogens with zero attached hydrogens (tertiary/aromatic N) is 2. The molecule has 4 N–H and O–H groups in total. The molecule has 4 aromatic carbocycles. The molecule has 0 bridgehead atoms. The van der Waals surface area contributed by atoms with Crippen LogP contribution in [0.5, 0.6) is 17.2 Å². The van der Waals surface area contributed by atoms with Crippen LogP contribution in [0, 0.1) is 13.8 Å². The predicted molar refractivity (Wildman–Crippen MR) is 220 cm³/mol. The second-order valence-corrected chi connectivity index (χ2v) is 15.6. The van der Waals surface area contributed by atoms with Gasteiger partial charge in [-0.1, -0.05) is 48.0 Å². The minimum atomic E-state index is -0.0607. The van der Waals surface area contributed by atoms with E-state index >= 15 is 0 Å². The molecule has 1 aliphatic carbocycles. The van der Waals surface area contributed by atoms with Gasteiger partial charge in [0.15, 0.2) is 11.5 Å². The van der Waals surface area contributed by atoms with Crippen molar-refractivity contribution in [2.75, 3.05) is 36.7 Å². The smallest absolute Gasteiger partial charge is 0.260 e. The number of fused-ring (bicyclic) bond motifs is 4.